The summed E-state index contributed by atoms with van der Waals surface area (Å²) in [6.07, 6.45) is 1.78. The van der Waals surface area contributed by atoms with E-state index in [1.807, 2.05) is 13.8 Å². The highest BCUT2D eigenvalue weighted by atomic mass is 32.2. The molecule has 2 aromatic carbocycles. The standard InChI is InChI=1S/C23H30N2O4S/c1-16(2)29-20-8-6-19(7-9-20)24-23(26)22-15-21(10-5-18(22)4)30(27,28)25-13-11-17(3)12-14-25/h5-10,15-17H,11-14H2,1-4H3,(H,24,26). The number of aryl methyl sites for hydroxylation is 1. The largest absolute Gasteiger partial charge is 0.491 e. The molecule has 0 aromatic heterocycles. The van der Waals surface area contributed by atoms with Gasteiger partial charge in [-0.1, -0.05) is 13.0 Å². The monoisotopic (exact) mass is 430 g/mol. The molecule has 1 saturated heterocycles. The van der Waals surface area contributed by atoms with Crippen molar-refractivity contribution in [2.75, 3.05) is 18.4 Å². The van der Waals surface area contributed by atoms with Crippen LogP contribution in [0.25, 0.3) is 0 Å². The summed E-state index contributed by atoms with van der Waals surface area (Å²) in [4.78, 5) is 13.0. The molecule has 30 heavy (non-hydrogen) atoms. The first kappa shape index (κ1) is 22.3. The van der Waals surface area contributed by atoms with Gasteiger partial charge in [0.15, 0.2) is 0 Å². The molecule has 0 radical (unpaired) electrons. The van der Waals surface area contributed by atoms with Gasteiger partial charge in [-0.3, -0.25) is 4.79 Å². The van der Waals surface area contributed by atoms with Crippen LogP contribution in [0.3, 0.4) is 0 Å². The number of nitrogens with zero attached hydrogens (tertiary/aromatic N) is 1. The van der Waals surface area contributed by atoms with Gasteiger partial charge in [0, 0.05) is 24.3 Å². The summed E-state index contributed by atoms with van der Waals surface area (Å²) in [6.45, 7) is 8.87. The Balaban J connectivity index is 1.78. The van der Waals surface area contributed by atoms with Crippen molar-refractivity contribution in [3.05, 3.63) is 53.6 Å². The van der Waals surface area contributed by atoms with E-state index in [2.05, 4.69) is 12.2 Å². The Hall–Kier alpha value is -2.38. The van der Waals surface area contributed by atoms with E-state index in [-0.39, 0.29) is 16.9 Å². The van der Waals surface area contributed by atoms with Gasteiger partial charge in [-0.05, 0) is 81.5 Å². The van der Waals surface area contributed by atoms with Gasteiger partial charge in [0.05, 0.1) is 11.0 Å². The summed E-state index contributed by atoms with van der Waals surface area (Å²) < 4.78 is 33.2. The average Bonchev–Trinajstić information content (AvgIpc) is 2.69. The normalized spacial score (nSPS) is 15.9. The lowest BCUT2D eigenvalue weighted by molar-refractivity contribution is 0.102. The van der Waals surface area contributed by atoms with E-state index in [1.165, 1.54) is 10.4 Å². The molecule has 1 heterocycles. The highest BCUT2D eigenvalue weighted by Gasteiger charge is 2.29. The Labute approximate surface area is 179 Å². The maximum absolute atomic E-state index is 13.0. The van der Waals surface area contributed by atoms with Gasteiger partial charge in [-0.2, -0.15) is 4.31 Å². The summed E-state index contributed by atoms with van der Waals surface area (Å²) in [5, 5.41) is 2.84. The van der Waals surface area contributed by atoms with E-state index in [1.54, 1.807) is 43.3 Å². The molecule has 2 aromatic rings. The summed E-state index contributed by atoms with van der Waals surface area (Å²) in [7, 11) is -3.61. The van der Waals surface area contributed by atoms with Crippen molar-refractivity contribution in [3.8, 4) is 5.75 Å². The number of benzene rings is 2. The minimum Gasteiger partial charge on any atom is -0.491 e. The number of carbonyl (C=O) groups excluding carboxylic acids is 1. The van der Waals surface area contributed by atoms with E-state index in [9.17, 15) is 13.2 Å². The summed E-state index contributed by atoms with van der Waals surface area (Å²) >= 11 is 0. The van der Waals surface area contributed by atoms with Crippen LogP contribution < -0.4 is 10.1 Å². The second-order valence-corrected chi connectivity index (χ2v) is 10.1. The van der Waals surface area contributed by atoms with Crippen molar-refractivity contribution in [2.45, 2.75) is 51.5 Å². The van der Waals surface area contributed by atoms with E-state index in [0.717, 1.165) is 24.2 Å². The second kappa shape index (κ2) is 9.18. The predicted molar refractivity (Wildman–Crippen MR) is 118 cm³/mol. The SMILES string of the molecule is Cc1ccc(S(=O)(=O)N2CCC(C)CC2)cc1C(=O)Nc1ccc(OC(C)C)cc1. The lowest BCUT2D eigenvalue weighted by Crippen LogP contribution is -2.38. The summed E-state index contributed by atoms with van der Waals surface area (Å²) in [5.74, 6) is 0.922. The van der Waals surface area contributed by atoms with Gasteiger partial charge in [-0.15, -0.1) is 0 Å². The van der Waals surface area contributed by atoms with Crippen LogP contribution in [-0.2, 0) is 10.0 Å². The number of anilines is 1. The van der Waals surface area contributed by atoms with Crippen molar-refractivity contribution in [1.82, 2.24) is 4.31 Å². The highest BCUT2D eigenvalue weighted by Crippen LogP contribution is 2.25. The molecule has 7 heteroatoms. The quantitative estimate of drug-likeness (QED) is 0.734. The van der Waals surface area contributed by atoms with Crippen molar-refractivity contribution >= 4 is 21.6 Å². The van der Waals surface area contributed by atoms with Gasteiger partial charge in [0.1, 0.15) is 5.75 Å². The Morgan fingerprint density at radius 1 is 1.10 bits per heavy atom. The zero-order chi connectivity index (χ0) is 21.9. The third kappa shape index (κ3) is 5.21. The molecule has 162 valence electrons. The molecule has 1 fully saturated rings. The van der Waals surface area contributed by atoms with Crippen LogP contribution in [0, 0.1) is 12.8 Å². The summed E-state index contributed by atoms with van der Waals surface area (Å²) in [5.41, 5.74) is 1.69. The first-order valence-electron chi connectivity index (χ1n) is 10.4. The van der Waals surface area contributed by atoms with Crippen LogP contribution in [0.5, 0.6) is 5.75 Å². The molecular weight excluding hydrogens is 400 g/mol. The van der Waals surface area contributed by atoms with Crippen LogP contribution in [0.15, 0.2) is 47.4 Å². The highest BCUT2D eigenvalue weighted by molar-refractivity contribution is 7.89. The molecule has 0 atom stereocenters. The van der Waals surface area contributed by atoms with Crippen LogP contribution in [0.4, 0.5) is 5.69 Å². The Morgan fingerprint density at radius 3 is 2.33 bits per heavy atom. The first-order valence-corrected chi connectivity index (χ1v) is 11.8. The zero-order valence-corrected chi connectivity index (χ0v) is 18.8. The van der Waals surface area contributed by atoms with Crippen LogP contribution in [0.1, 0.15) is 49.5 Å². The Bertz CT molecular complexity index is 992. The molecule has 0 aliphatic carbocycles. The molecule has 1 aliphatic rings. The van der Waals surface area contributed by atoms with E-state index >= 15 is 0 Å². The molecule has 6 nitrogen and oxygen atoms in total. The molecule has 3 rings (SSSR count). The molecule has 1 N–H and O–H groups in total. The minimum atomic E-state index is -3.61. The Morgan fingerprint density at radius 2 is 1.73 bits per heavy atom. The van der Waals surface area contributed by atoms with Gasteiger partial charge in [0.2, 0.25) is 10.0 Å². The fourth-order valence-corrected chi connectivity index (χ4v) is 4.96. The molecule has 0 saturated carbocycles. The third-order valence-electron chi connectivity index (χ3n) is 5.32. The fraction of sp³-hybridized carbons (Fsp3) is 0.435. The van der Waals surface area contributed by atoms with Crippen LogP contribution >= 0.6 is 0 Å². The number of rotatable bonds is 6. The smallest absolute Gasteiger partial charge is 0.255 e. The Kier molecular flexibility index (Phi) is 6.83. The third-order valence-corrected chi connectivity index (χ3v) is 7.21. The molecule has 1 aliphatic heterocycles. The minimum absolute atomic E-state index is 0.0703. The fourth-order valence-electron chi connectivity index (χ4n) is 3.47. The lowest BCUT2D eigenvalue weighted by Gasteiger charge is -2.29. The van der Waals surface area contributed by atoms with Gasteiger partial charge in [-0.25, -0.2) is 8.42 Å². The maximum atomic E-state index is 13.0. The average molecular weight is 431 g/mol. The number of carbonyl (C=O) groups is 1. The molecule has 0 unspecified atom stereocenters. The molecule has 0 bridgehead atoms. The van der Waals surface area contributed by atoms with Gasteiger partial charge in [0.25, 0.3) is 5.91 Å². The second-order valence-electron chi connectivity index (χ2n) is 8.21. The number of nitrogens with one attached hydrogen (secondary N) is 1. The number of sulfonamides is 1. The first-order chi connectivity index (χ1) is 14.2. The topological polar surface area (TPSA) is 75.7 Å². The van der Waals surface area contributed by atoms with Crippen molar-refractivity contribution < 1.29 is 17.9 Å². The number of piperidine rings is 1. The van der Waals surface area contributed by atoms with Gasteiger partial charge < -0.3 is 10.1 Å². The molecule has 0 spiro atoms. The zero-order valence-electron chi connectivity index (χ0n) is 18.0. The van der Waals surface area contributed by atoms with Crippen molar-refractivity contribution in [2.24, 2.45) is 5.92 Å². The summed E-state index contributed by atoms with van der Waals surface area (Å²) in [6, 6.07) is 11.9. The predicted octanol–water partition coefficient (Wildman–Crippen LogP) is 4.46. The van der Waals surface area contributed by atoms with Crippen molar-refractivity contribution in [3.63, 3.8) is 0 Å². The number of hydrogen-bond donors (Lipinski definition) is 1. The van der Waals surface area contributed by atoms with Crippen LogP contribution in [0.2, 0.25) is 0 Å². The van der Waals surface area contributed by atoms with E-state index in [4.69, 9.17) is 4.74 Å². The van der Waals surface area contributed by atoms with Crippen molar-refractivity contribution in [1.29, 1.82) is 0 Å². The number of amides is 1. The van der Waals surface area contributed by atoms with Gasteiger partial charge >= 0.3 is 0 Å². The van der Waals surface area contributed by atoms with Crippen LogP contribution in [-0.4, -0.2) is 37.8 Å². The lowest BCUT2D eigenvalue weighted by atomic mass is 10.0. The number of hydrogen-bond acceptors (Lipinski definition) is 4. The molecule has 1 amide bonds. The maximum Gasteiger partial charge on any atom is 0.255 e. The molecular formula is C23H30N2O4S. The number of ether oxygens (including phenoxy) is 1. The van der Waals surface area contributed by atoms with E-state index in [0.29, 0.717) is 30.3 Å². The van der Waals surface area contributed by atoms with E-state index < -0.39 is 10.0 Å².